The van der Waals surface area contributed by atoms with Crippen LogP contribution in [0, 0.1) is 0 Å². The van der Waals surface area contributed by atoms with Crippen LogP contribution in [0.2, 0.25) is 0 Å². The average Bonchev–Trinajstić information content (AvgIpc) is 2.26. The minimum atomic E-state index is -1.10. The van der Waals surface area contributed by atoms with Gasteiger partial charge in [0.05, 0.1) is 0 Å². The molecular formula is C9H11ClNO4Si. The molecule has 1 unspecified atom stereocenters. The molecule has 0 aliphatic heterocycles. The summed E-state index contributed by atoms with van der Waals surface area (Å²) in [5.41, 5.74) is 5.86. The van der Waals surface area contributed by atoms with E-state index in [1.54, 1.807) is 0 Å². The predicted octanol–water partition coefficient (Wildman–Crippen LogP) is 0.361. The Balaban J connectivity index is 0.00000106. The number of aromatic hydroxyl groups is 2. The number of benzene rings is 1. The van der Waals surface area contributed by atoms with Crippen LogP contribution in [0.5, 0.6) is 11.5 Å². The Labute approximate surface area is 101 Å². The molecule has 5 nitrogen and oxygen atoms in total. The molecule has 87 valence electrons. The van der Waals surface area contributed by atoms with Crippen molar-refractivity contribution in [1.82, 2.24) is 0 Å². The highest BCUT2D eigenvalue weighted by Crippen LogP contribution is 2.25. The van der Waals surface area contributed by atoms with Crippen LogP contribution < -0.4 is 5.73 Å². The molecule has 7 heteroatoms. The molecule has 1 aromatic rings. The summed E-state index contributed by atoms with van der Waals surface area (Å²) >= 11 is 4.44. The van der Waals surface area contributed by atoms with E-state index in [4.69, 9.17) is 21.1 Å². The van der Waals surface area contributed by atoms with E-state index in [1.807, 2.05) is 0 Å². The zero-order chi connectivity index (χ0) is 12.7. The van der Waals surface area contributed by atoms with Gasteiger partial charge in [0, 0.05) is 0 Å². The third-order valence-corrected chi connectivity index (χ3v) is 1.81. The maximum Gasteiger partial charge on any atom is 0.320 e. The number of carbonyl (C=O) groups is 1. The topological polar surface area (TPSA) is 104 Å². The van der Waals surface area contributed by atoms with Crippen LogP contribution in [0.4, 0.5) is 0 Å². The van der Waals surface area contributed by atoms with Crippen LogP contribution in [0.15, 0.2) is 18.2 Å². The van der Waals surface area contributed by atoms with E-state index in [-0.39, 0.29) is 17.9 Å². The Bertz CT molecular complexity index is 361. The Kier molecular flexibility index (Phi) is 6.55. The number of carboxylic acid groups (broad SMARTS) is 1. The first-order valence-corrected chi connectivity index (χ1v) is 5.70. The lowest BCUT2D eigenvalue weighted by Gasteiger charge is -2.06. The number of nitrogens with two attached hydrogens (primary N) is 1. The van der Waals surface area contributed by atoms with Crippen molar-refractivity contribution in [3.8, 4) is 11.5 Å². The van der Waals surface area contributed by atoms with Gasteiger partial charge in [-0.1, -0.05) is 6.07 Å². The van der Waals surface area contributed by atoms with E-state index in [0.717, 1.165) is 0 Å². The molecule has 0 saturated heterocycles. The molecule has 0 fully saturated rings. The molecule has 1 atom stereocenters. The van der Waals surface area contributed by atoms with Gasteiger partial charge in [0.25, 0.3) is 0 Å². The summed E-state index contributed by atoms with van der Waals surface area (Å²) in [7, 11) is 2.44. The van der Waals surface area contributed by atoms with Gasteiger partial charge >= 0.3 is 5.97 Å². The lowest BCUT2D eigenvalue weighted by Crippen LogP contribution is -2.32. The summed E-state index contributed by atoms with van der Waals surface area (Å²) in [6.07, 6.45) is 0.114. The normalized spacial score (nSPS) is 11.2. The number of phenolic OH excluding ortho intramolecular Hbond substituents is 2. The van der Waals surface area contributed by atoms with Gasteiger partial charge in [-0.2, -0.15) is 11.1 Å². The fourth-order valence-corrected chi connectivity index (χ4v) is 1.04. The number of carboxylic acids is 1. The smallest absolute Gasteiger partial charge is 0.320 e. The lowest BCUT2D eigenvalue weighted by atomic mass is 10.1. The van der Waals surface area contributed by atoms with Gasteiger partial charge < -0.3 is 21.1 Å². The van der Waals surface area contributed by atoms with Gasteiger partial charge in [0.15, 0.2) is 21.1 Å². The quantitative estimate of drug-likeness (QED) is 0.357. The molecular weight excluding hydrogens is 250 g/mol. The Morgan fingerprint density at radius 3 is 2.38 bits per heavy atom. The predicted molar refractivity (Wildman–Crippen MR) is 60.7 cm³/mol. The molecule has 3 radical (unpaired) electrons. The van der Waals surface area contributed by atoms with E-state index < -0.39 is 12.0 Å². The van der Waals surface area contributed by atoms with Gasteiger partial charge in [-0.3, -0.25) is 4.79 Å². The van der Waals surface area contributed by atoms with Gasteiger partial charge in [-0.15, -0.1) is 0 Å². The number of phenols is 2. The Hall–Kier alpha value is -1.24. The van der Waals surface area contributed by atoms with Crippen molar-refractivity contribution in [3.63, 3.8) is 0 Å². The number of hydrogen-bond acceptors (Lipinski definition) is 4. The molecule has 0 saturated carbocycles. The van der Waals surface area contributed by atoms with Crippen molar-refractivity contribution in [1.29, 1.82) is 0 Å². The van der Waals surface area contributed by atoms with Crippen LogP contribution in [0.1, 0.15) is 5.56 Å². The molecule has 0 amide bonds. The SMILES string of the molecule is NC(Cc1ccc(O)c(O)c1)C(=O)O.[Si]Cl. The first-order valence-electron chi connectivity index (χ1n) is 4.19. The molecule has 0 aliphatic carbocycles. The third-order valence-electron chi connectivity index (χ3n) is 1.81. The van der Waals surface area contributed by atoms with Crippen molar-refractivity contribution in [3.05, 3.63) is 23.8 Å². The maximum atomic E-state index is 10.4. The molecule has 16 heavy (non-hydrogen) atoms. The van der Waals surface area contributed by atoms with Crippen molar-refractivity contribution in [2.24, 2.45) is 5.73 Å². The van der Waals surface area contributed by atoms with E-state index in [9.17, 15) is 4.79 Å². The number of halogens is 1. The number of aliphatic carboxylic acids is 1. The fourth-order valence-electron chi connectivity index (χ4n) is 1.04. The fraction of sp³-hybridized carbons (Fsp3) is 0.222. The summed E-state index contributed by atoms with van der Waals surface area (Å²) in [5.74, 6) is -1.62. The maximum absolute atomic E-state index is 10.4. The summed E-state index contributed by atoms with van der Waals surface area (Å²) in [5, 5.41) is 26.6. The summed E-state index contributed by atoms with van der Waals surface area (Å²) in [4.78, 5) is 10.4. The van der Waals surface area contributed by atoms with Gasteiger partial charge in [0.1, 0.15) is 6.04 Å². The lowest BCUT2D eigenvalue weighted by molar-refractivity contribution is -0.138. The van der Waals surface area contributed by atoms with Gasteiger partial charge in [-0.25, -0.2) is 0 Å². The molecule has 1 rings (SSSR count). The minimum absolute atomic E-state index is 0.114. The van der Waals surface area contributed by atoms with E-state index >= 15 is 0 Å². The van der Waals surface area contributed by atoms with Crippen molar-refractivity contribution in [2.45, 2.75) is 12.5 Å². The zero-order valence-corrected chi connectivity index (χ0v) is 9.98. The largest absolute Gasteiger partial charge is 0.504 e. The highest BCUT2D eigenvalue weighted by molar-refractivity contribution is 6.80. The van der Waals surface area contributed by atoms with Crippen LogP contribution >= 0.6 is 11.1 Å². The standard InChI is InChI=1S/C9H11NO4.ClSi/c10-6(9(13)14)3-5-1-2-7(11)8(12)4-5;1-2/h1-2,4,6,11-12H,3,10H2,(H,13,14);. The molecule has 0 bridgehead atoms. The summed E-state index contributed by atoms with van der Waals surface area (Å²) in [6.45, 7) is 0. The Morgan fingerprint density at radius 1 is 1.38 bits per heavy atom. The first-order chi connectivity index (χ1) is 7.50. The Morgan fingerprint density at radius 2 is 1.94 bits per heavy atom. The monoisotopic (exact) mass is 260 g/mol. The molecule has 5 N–H and O–H groups in total. The number of hydrogen-bond donors (Lipinski definition) is 4. The number of rotatable bonds is 3. The third kappa shape index (κ3) is 4.52. The van der Waals surface area contributed by atoms with E-state index in [2.05, 4.69) is 20.6 Å². The molecule has 0 spiro atoms. The summed E-state index contributed by atoms with van der Waals surface area (Å²) < 4.78 is 0. The second kappa shape index (κ2) is 7.10. The molecule has 0 heterocycles. The van der Waals surface area contributed by atoms with Crippen LogP contribution in [0.3, 0.4) is 0 Å². The van der Waals surface area contributed by atoms with E-state index in [1.165, 1.54) is 18.2 Å². The minimum Gasteiger partial charge on any atom is -0.504 e. The molecule has 1 aromatic carbocycles. The molecule has 0 aliphatic rings. The zero-order valence-electron chi connectivity index (χ0n) is 8.22. The first kappa shape index (κ1) is 14.8. The van der Waals surface area contributed by atoms with Crippen molar-refractivity contribution < 1.29 is 20.1 Å². The molecule has 0 aromatic heterocycles. The summed E-state index contributed by atoms with van der Waals surface area (Å²) in [6, 6.07) is 3.09. The van der Waals surface area contributed by atoms with Crippen LogP contribution in [-0.4, -0.2) is 36.9 Å². The second-order valence-electron chi connectivity index (χ2n) is 2.97. The van der Waals surface area contributed by atoms with Gasteiger partial charge in [0.2, 0.25) is 0 Å². The van der Waals surface area contributed by atoms with Crippen molar-refractivity contribution in [2.75, 3.05) is 0 Å². The van der Waals surface area contributed by atoms with Crippen molar-refractivity contribution >= 4 is 26.6 Å². The highest BCUT2D eigenvalue weighted by Gasteiger charge is 2.12. The van der Waals surface area contributed by atoms with Crippen LogP contribution in [-0.2, 0) is 11.2 Å². The van der Waals surface area contributed by atoms with E-state index in [0.29, 0.717) is 5.56 Å². The van der Waals surface area contributed by atoms with Gasteiger partial charge in [-0.05, 0) is 24.1 Å². The average molecular weight is 261 g/mol. The second-order valence-corrected chi connectivity index (χ2v) is 2.97. The highest BCUT2D eigenvalue weighted by atomic mass is 35.6. The van der Waals surface area contributed by atoms with Crippen LogP contribution in [0.25, 0.3) is 0 Å².